The number of amides is 3. The van der Waals surface area contributed by atoms with E-state index in [1.807, 2.05) is 35.2 Å². The first-order chi connectivity index (χ1) is 14.1. The zero-order chi connectivity index (χ0) is 20.2. The molecule has 3 amide bonds. The quantitative estimate of drug-likeness (QED) is 0.709. The lowest BCUT2D eigenvalue weighted by Gasteiger charge is -2.25. The molecule has 0 aromatic heterocycles. The molecule has 2 aliphatic rings. The van der Waals surface area contributed by atoms with Crippen LogP contribution in [0.1, 0.15) is 53.6 Å². The van der Waals surface area contributed by atoms with Gasteiger partial charge in [0.05, 0.1) is 6.54 Å². The molecule has 2 aromatic rings. The highest BCUT2D eigenvalue weighted by Gasteiger charge is 2.30. The monoisotopic (exact) mass is 390 g/mol. The van der Waals surface area contributed by atoms with Crippen molar-refractivity contribution in [2.24, 2.45) is 0 Å². The molecule has 2 heterocycles. The maximum absolute atomic E-state index is 13.0. The molecule has 0 N–H and O–H groups in total. The molecule has 0 saturated carbocycles. The third-order valence-electron chi connectivity index (χ3n) is 5.94. The number of hydrogen-bond donors (Lipinski definition) is 0. The molecule has 5 heteroatoms. The van der Waals surface area contributed by atoms with Crippen molar-refractivity contribution >= 4 is 17.7 Å². The van der Waals surface area contributed by atoms with Crippen LogP contribution < -0.4 is 0 Å². The van der Waals surface area contributed by atoms with E-state index in [-0.39, 0.29) is 30.3 Å². The number of carbonyl (C=O) groups is 3. The maximum atomic E-state index is 13.0. The first kappa shape index (κ1) is 19.4. The number of imide groups is 1. The summed E-state index contributed by atoms with van der Waals surface area (Å²) in [5, 5.41) is 0. The van der Waals surface area contributed by atoms with E-state index in [1.54, 1.807) is 0 Å². The summed E-state index contributed by atoms with van der Waals surface area (Å²) in [7, 11) is 0. The van der Waals surface area contributed by atoms with Crippen LogP contribution in [0.15, 0.2) is 54.6 Å². The Labute approximate surface area is 171 Å². The van der Waals surface area contributed by atoms with Crippen LogP contribution in [0.2, 0.25) is 0 Å². The fourth-order valence-corrected chi connectivity index (χ4v) is 4.28. The van der Waals surface area contributed by atoms with Crippen LogP contribution in [0.4, 0.5) is 0 Å². The Hall–Kier alpha value is -2.95. The van der Waals surface area contributed by atoms with Crippen molar-refractivity contribution in [3.63, 3.8) is 0 Å². The summed E-state index contributed by atoms with van der Waals surface area (Å²) in [6.07, 6.45) is 4.65. The van der Waals surface area contributed by atoms with Crippen LogP contribution in [0.25, 0.3) is 0 Å². The van der Waals surface area contributed by atoms with E-state index in [1.165, 1.54) is 10.5 Å². The molecule has 4 rings (SSSR count). The normalized spacial score (nSPS) is 19.2. The molecular formula is C24H26N2O3. The van der Waals surface area contributed by atoms with Crippen molar-refractivity contribution < 1.29 is 14.4 Å². The molecule has 29 heavy (non-hydrogen) atoms. The molecule has 0 spiro atoms. The van der Waals surface area contributed by atoms with Gasteiger partial charge in [0.2, 0.25) is 11.8 Å². The molecule has 1 atom stereocenters. The Kier molecular flexibility index (Phi) is 5.74. The Bertz CT molecular complexity index is 876. The molecule has 150 valence electrons. The largest absolute Gasteiger partial charge is 0.336 e. The van der Waals surface area contributed by atoms with Gasteiger partial charge in [0.15, 0.2) is 0 Å². The molecule has 2 fully saturated rings. The first-order valence-electron chi connectivity index (χ1n) is 10.4. The van der Waals surface area contributed by atoms with Gasteiger partial charge >= 0.3 is 0 Å². The predicted molar refractivity (Wildman–Crippen MR) is 110 cm³/mol. The molecule has 2 aromatic carbocycles. The average Bonchev–Trinajstić information content (AvgIpc) is 3.35. The van der Waals surface area contributed by atoms with Gasteiger partial charge in [0, 0.05) is 31.0 Å². The Morgan fingerprint density at radius 3 is 2.28 bits per heavy atom. The van der Waals surface area contributed by atoms with Crippen molar-refractivity contribution in [2.75, 3.05) is 6.54 Å². The van der Waals surface area contributed by atoms with Crippen molar-refractivity contribution in [3.05, 3.63) is 71.3 Å². The lowest BCUT2D eigenvalue weighted by Crippen LogP contribution is -2.35. The van der Waals surface area contributed by atoms with Gasteiger partial charge < -0.3 is 4.90 Å². The van der Waals surface area contributed by atoms with Gasteiger partial charge in [-0.3, -0.25) is 19.3 Å². The van der Waals surface area contributed by atoms with Crippen molar-refractivity contribution in [2.45, 2.75) is 51.1 Å². The summed E-state index contributed by atoms with van der Waals surface area (Å²) in [5.41, 5.74) is 2.84. The van der Waals surface area contributed by atoms with Crippen molar-refractivity contribution in [3.8, 4) is 0 Å². The number of hydrogen-bond acceptors (Lipinski definition) is 3. The summed E-state index contributed by atoms with van der Waals surface area (Å²) in [4.78, 5) is 39.9. The highest BCUT2D eigenvalue weighted by atomic mass is 16.2. The maximum Gasteiger partial charge on any atom is 0.254 e. The van der Waals surface area contributed by atoms with E-state index in [4.69, 9.17) is 0 Å². The summed E-state index contributed by atoms with van der Waals surface area (Å²) < 4.78 is 0. The Morgan fingerprint density at radius 1 is 0.897 bits per heavy atom. The minimum Gasteiger partial charge on any atom is -0.336 e. The van der Waals surface area contributed by atoms with Crippen LogP contribution in [-0.4, -0.2) is 40.1 Å². The highest BCUT2D eigenvalue weighted by molar-refractivity contribution is 6.01. The van der Waals surface area contributed by atoms with Crippen LogP contribution in [-0.2, 0) is 22.6 Å². The van der Waals surface area contributed by atoms with Crippen LogP contribution in [0, 0.1) is 0 Å². The van der Waals surface area contributed by atoms with Crippen LogP contribution >= 0.6 is 0 Å². The van der Waals surface area contributed by atoms with Gasteiger partial charge in [-0.15, -0.1) is 0 Å². The van der Waals surface area contributed by atoms with E-state index in [0.29, 0.717) is 18.4 Å². The molecule has 1 unspecified atom stereocenters. The standard InChI is InChI=1S/C24H26N2O3/c27-22-14-15-23(28)26(22)17-19-8-11-20(12-9-19)24(29)25-16-4-7-21(25)13-10-18-5-2-1-3-6-18/h1-3,5-6,8-9,11-12,21H,4,7,10,13-17H2. The zero-order valence-corrected chi connectivity index (χ0v) is 16.5. The lowest BCUT2D eigenvalue weighted by molar-refractivity contribution is -0.139. The number of benzene rings is 2. The Balaban J connectivity index is 1.38. The number of likely N-dealkylation sites (tertiary alicyclic amines) is 2. The number of carbonyl (C=O) groups excluding carboxylic acids is 3. The van der Waals surface area contributed by atoms with Crippen molar-refractivity contribution in [1.82, 2.24) is 9.80 Å². The van der Waals surface area contributed by atoms with Gasteiger partial charge in [-0.25, -0.2) is 0 Å². The fraction of sp³-hybridized carbons (Fsp3) is 0.375. The van der Waals surface area contributed by atoms with E-state index >= 15 is 0 Å². The molecule has 2 saturated heterocycles. The minimum atomic E-state index is -0.117. The Morgan fingerprint density at radius 2 is 1.59 bits per heavy atom. The SMILES string of the molecule is O=C1CCC(=O)N1Cc1ccc(C(=O)N2CCCC2CCc2ccccc2)cc1. The first-order valence-corrected chi connectivity index (χ1v) is 10.4. The minimum absolute atomic E-state index is 0.0698. The van der Waals surface area contributed by atoms with Gasteiger partial charge in [-0.05, 0) is 48.9 Å². The molecule has 5 nitrogen and oxygen atoms in total. The molecule has 0 bridgehead atoms. The van der Waals surface area contributed by atoms with Gasteiger partial charge in [-0.1, -0.05) is 42.5 Å². The second kappa shape index (κ2) is 8.60. The van der Waals surface area contributed by atoms with Gasteiger partial charge in [-0.2, -0.15) is 0 Å². The molecule has 0 aliphatic carbocycles. The average molecular weight is 390 g/mol. The van der Waals surface area contributed by atoms with Gasteiger partial charge in [0.1, 0.15) is 0 Å². The predicted octanol–water partition coefficient (Wildman–Crippen LogP) is 3.57. The third-order valence-corrected chi connectivity index (χ3v) is 5.94. The summed E-state index contributed by atoms with van der Waals surface area (Å²) in [6.45, 7) is 1.09. The summed E-state index contributed by atoms with van der Waals surface area (Å²) in [5.74, 6) is -0.164. The lowest BCUT2D eigenvalue weighted by atomic mass is 10.0. The highest BCUT2D eigenvalue weighted by Crippen LogP contribution is 2.24. The molecular weight excluding hydrogens is 364 g/mol. The smallest absolute Gasteiger partial charge is 0.254 e. The molecule has 0 radical (unpaired) electrons. The summed E-state index contributed by atoms with van der Waals surface area (Å²) in [6, 6.07) is 18.0. The number of nitrogens with zero attached hydrogens (tertiary/aromatic N) is 2. The zero-order valence-electron chi connectivity index (χ0n) is 16.5. The van der Waals surface area contributed by atoms with E-state index in [9.17, 15) is 14.4 Å². The van der Waals surface area contributed by atoms with Crippen LogP contribution in [0.3, 0.4) is 0 Å². The third kappa shape index (κ3) is 4.39. The van der Waals surface area contributed by atoms with E-state index in [2.05, 4.69) is 24.3 Å². The molecule has 2 aliphatic heterocycles. The second-order valence-corrected chi connectivity index (χ2v) is 7.89. The van der Waals surface area contributed by atoms with E-state index < -0.39 is 0 Å². The van der Waals surface area contributed by atoms with Crippen molar-refractivity contribution in [1.29, 1.82) is 0 Å². The fourth-order valence-electron chi connectivity index (χ4n) is 4.28. The number of rotatable bonds is 6. The topological polar surface area (TPSA) is 57.7 Å². The second-order valence-electron chi connectivity index (χ2n) is 7.89. The van der Waals surface area contributed by atoms with Crippen LogP contribution in [0.5, 0.6) is 0 Å². The number of aryl methyl sites for hydroxylation is 1. The van der Waals surface area contributed by atoms with Gasteiger partial charge in [0.25, 0.3) is 5.91 Å². The van der Waals surface area contributed by atoms with E-state index in [0.717, 1.165) is 37.8 Å². The summed E-state index contributed by atoms with van der Waals surface area (Å²) >= 11 is 0.